The highest BCUT2D eigenvalue weighted by molar-refractivity contribution is 7.89. The van der Waals surface area contributed by atoms with Gasteiger partial charge in [0.15, 0.2) is 0 Å². The van der Waals surface area contributed by atoms with Gasteiger partial charge in [0, 0.05) is 19.2 Å². The van der Waals surface area contributed by atoms with Crippen molar-refractivity contribution in [3.05, 3.63) is 70.7 Å². The number of nitrogens with one attached hydrogen (secondary N) is 2. The van der Waals surface area contributed by atoms with Crippen LogP contribution in [0.2, 0.25) is 0 Å². The van der Waals surface area contributed by atoms with E-state index >= 15 is 0 Å². The van der Waals surface area contributed by atoms with E-state index in [-0.39, 0.29) is 28.7 Å². The van der Waals surface area contributed by atoms with Crippen LogP contribution in [0.3, 0.4) is 0 Å². The van der Waals surface area contributed by atoms with E-state index in [1.54, 1.807) is 6.20 Å². The highest BCUT2D eigenvalue weighted by atomic mass is 32.2. The summed E-state index contributed by atoms with van der Waals surface area (Å²) < 4.78 is 27.4. The highest BCUT2D eigenvalue weighted by Gasteiger charge is 2.30. The quantitative estimate of drug-likeness (QED) is 0.410. The fourth-order valence-corrected chi connectivity index (χ4v) is 5.50. The minimum Gasteiger partial charge on any atom is -0.372 e. The number of anilines is 1. The average molecular weight is 456 g/mol. The summed E-state index contributed by atoms with van der Waals surface area (Å²) in [4.78, 5) is 18.5. The van der Waals surface area contributed by atoms with Gasteiger partial charge in [-0.2, -0.15) is 4.31 Å². The Kier molecular flexibility index (Phi) is 6.24. The first-order valence-electron chi connectivity index (χ1n) is 10.5. The predicted molar refractivity (Wildman–Crippen MR) is 122 cm³/mol. The molecule has 4 rings (SSSR count). The van der Waals surface area contributed by atoms with Crippen molar-refractivity contribution in [2.75, 3.05) is 18.4 Å². The van der Waals surface area contributed by atoms with Crippen molar-refractivity contribution >= 4 is 21.4 Å². The molecule has 2 aromatic carbocycles. The number of benzene rings is 2. The minimum atomic E-state index is -3.78. The molecule has 3 aromatic rings. The topological polar surface area (TPSA) is 121 Å². The van der Waals surface area contributed by atoms with Crippen molar-refractivity contribution in [1.82, 2.24) is 14.3 Å². The lowest BCUT2D eigenvalue weighted by Crippen LogP contribution is -2.39. The molecule has 2 N–H and O–H groups in total. The van der Waals surface area contributed by atoms with E-state index in [1.165, 1.54) is 16.4 Å². The minimum absolute atomic E-state index is 0.0618. The SMILES string of the molecule is CC1CCCN(S(=O)(=O)c2ccc(NCc3ncc(-c4ccccc4)[nH]3)c([N+](=O)[O-])c2)C1. The third kappa shape index (κ3) is 4.66. The molecule has 1 aromatic heterocycles. The number of hydrogen-bond acceptors (Lipinski definition) is 6. The summed E-state index contributed by atoms with van der Waals surface area (Å²) in [5, 5.41) is 14.7. The van der Waals surface area contributed by atoms with Crippen LogP contribution < -0.4 is 5.32 Å². The van der Waals surface area contributed by atoms with Crippen molar-refractivity contribution in [1.29, 1.82) is 0 Å². The third-order valence-corrected chi connectivity index (χ3v) is 7.44. The summed E-state index contributed by atoms with van der Waals surface area (Å²) in [6, 6.07) is 13.7. The standard InChI is InChI=1S/C22H25N5O4S/c1-16-6-5-11-26(15-16)32(30,31)18-9-10-19(21(12-18)27(28)29)23-14-22-24-13-20(25-22)17-7-3-2-4-8-17/h2-4,7-10,12-13,16,23H,5-6,11,14-15H2,1H3,(H,24,25). The largest absolute Gasteiger partial charge is 0.372 e. The molecule has 1 fully saturated rings. The summed E-state index contributed by atoms with van der Waals surface area (Å²) in [6.45, 7) is 3.10. The molecule has 168 valence electrons. The molecule has 1 unspecified atom stereocenters. The molecule has 0 radical (unpaired) electrons. The van der Waals surface area contributed by atoms with Crippen LogP contribution in [0.5, 0.6) is 0 Å². The second-order valence-corrected chi connectivity index (χ2v) is 9.95. The van der Waals surface area contributed by atoms with Gasteiger partial charge in [-0.1, -0.05) is 37.3 Å². The Hall–Kier alpha value is -3.24. The molecule has 2 heterocycles. The molecule has 0 bridgehead atoms. The van der Waals surface area contributed by atoms with Gasteiger partial charge in [0.05, 0.1) is 28.3 Å². The smallest absolute Gasteiger partial charge is 0.293 e. The van der Waals surface area contributed by atoms with Gasteiger partial charge < -0.3 is 10.3 Å². The van der Waals surface area contributed by atoms with Crippen molar-refractivity contribution < 1.29 is 13.3 Å². The molecule has 0 saturated carbocycles. The number of nitro groups is 1. The molecule has 9 nitrogen and oxygen atoms in total. The molecule has 1 aliphatic rings. The number of H-pyrrole nitrogens is 1. The lowest BCUT2D eigenvalue weighted by molar-refractivity contribution is -0.384. The van der Waals surface area contributed by atoms with E-state index in [1.807, 2.05) is 37.3 Å². The number of imidazole rings is 1. The first-order valence-corrected chi connectivity index (χ1v) is 11.9. The number of piperidine rings is 1. The molecular weight excluding hydrogens is 430 g/mol. The lowest BCUT2D eigenvalue weighted by Gasteiger charge is -2.30. The number of nitro benzene ring substituents is 1. The number of hydrogen-bond donors (Lipinski definition) is 2. The number of aromatic amines is 1. The summed E-state index contributed by atoms with van der Waals surface area (Å²) in [6.07, 6.45) is 3.47. The summed E-state index contributed by atoms with van der Waals surface area (Å²) in [7, 11) is -3.78. The Morgan fingerprint density at radius 2 is 2.03 bits per heavy atom. The van der Waals surface area contributed by atoms with Gasteiger partial charge in [-0.3, -0.25) is 10.1 Å². The van der Waals surface area contributed by atoms with E-state index < -0.39 is 14.9 Å². The van der Waals surface area contributed by atoms with Crippen molar-refractivity contribution in [2.45, 2.75) is 31.2 Å². The zero-order valence-electron chi connectivity index (χ0n) is 17.7. The summed E-state index contributed by atoms with van der Waals surface area (Å²) in [5.41, 5.74) is 1.78. The van der Waals surface area contributed by atoms with Gasteiger partial charge in [-0.15, -0.1) is 0 Å². The molecule has 1 atom stereocenters. The molecule has 32 heavy (non-hydrogen) atoms. The molecule has 1 aliphatic heterocycles. The Labute approximate surface area is 186 Å². The maximum absolute atomic E-state index is 13.0. The predicted octanol–water partition coefficient (Wildman–Crippen LogP) is 4.02. The van der Waals surface area contributed by atoms with Crippen LogP contribution >= 0.6 is 0 Å². The van der Waals surface area contributed by atoms with Gasteiger partial charge >= 0.3 is 0 Å². The van der Waals surface area contributed by atoms with Crippen molar-refractivity contribution in [3.63, 3.8) is 0 Å². The van der Waals surface area contributed by atoms with Crippen LogP contribution in [-0.2, 0) is 16.6 Å². The van der Waals surface area contributed by atoms with Crippen LogP contribution in [0.4, 0.5) is 11.4 Å². The monoisotopic (exact) mass is 455 g/mol. The molecule has 1 saturated heterocycles. The van der Waals surface area contributed by atoms with Gasteiger partial charge in [0.25, 0.3) is 5.69 Å². The summed E-state index contributed by atoms with van der Waals surface area (Å²) in [5.74, 6) is 0.876. The van der Waals surface area contributed by atoms with E-state index in [0.29, 0.717) is 18.9 Å². The Balaban J connectivity index is 1.53. The molecule has 0 aliphatic carbocycles. The molecule has 10 heteroatoms. The van der Waals surface area contributed by atoms with E-state index in [0.717, 1.165) is 30.2 Å². The average Bonchev–Trinajstić information content (AvgIpc) is 3.27. The van der Waals surface area contributed by atoms with E-state index in [2.05, 4.69) is 15.3 Å². The van der Waals surface area contributed by atoms with Crippen molar-refractivity contribution in [3.8, 4) is 11.3 Å². The maximum atomic E-state index is 13.0. The van der Waals surface area contributed by atoms with Crippen LogP contribution in [0, 0.1) is 16.0 Å². The van der Waals surface area contributed by atoms with Crippen LogP contribution in [0.1, 0.15) is 25.6 Å². The Morgan fingerprint density at radius 3 is 2.75 bits per heavy atom. The van der Waals surface area contributed by atoms with Crippen LogP contribution in [-0.4, -0.2) is 40.7 Å². The Morgan fingerprint density at radius 1 is 1.25 bits per heavy atom. The van der Waals surface area contributed by atoms with Gasteiger partial charge in [-0.05, 0) is 36.5 Å². The number of nitrogens with zero attached hydrogens (tertiary/aromatic N) is 3. The third-order valence-electron chi connectivity index (χ3n) is 5.58. The number of aromatic nitrogens is 2. The van der Waals surface area contributed by atoms with Gasteiger partial charge in [-0.25, -0.2) is 13.4 Å². The molecule has 0 spiro atoms. The highest BCUT2D eigenvalue weighted by Crippen LogP contribution is 2.31. The Bertz CT molecular complexity index is 1210. The van der Waals surface area contributed by atoms with Gasteiger partial charge in [0.2, 0.25) is 10.0 Å². The van der Waals surface area contributed by atoms with Crippen LogP contribution in [0.15, 0.2) is 59.6 Å². The second-order valence-electron chi connectivity index (χ2n) is 8.01. The van der Waals surface area contributed by atoms with E-state index in [4.69, 9.17) is 0 Å². The van der Waals surface area contributed by atoms with Crippen LogP contribution in [0.25, 0.3) is 11.3 Å². The second kappa shape index (κ2) is 9.09. The number of rotatable bonds is 7. The van der Waals surface area contributed by atoms with E-state index in [9.17, 15) is 18.5 Å². The molecule has 0 amide bonds. The zero-order chi connectivity index (χ0) is 22.7. The van der Waals surface area contributed by atoms with Gasteiger partial charge in [0.1, 0.15) is 11.5 Å². The fourth-order valence-electron chi connectivity index (χ4n) is 3.88. The maximum Gasteiger partial charge on any atom is 0.293 e. The fraction of sp³-hybridized carbons (Fsp3) is 0.318. The molecular formula is C22H25N5O4S. The summed E-state index contributed by atoms with van der Waals surface area (Å²) >= 11 is 0. The lowest BCUT2D eigenvalue weighted by atomic mass is 10.0. The zero-order valence-corrected chi connectivity index (χ0v) is 18.5. The normalized spacial score (nSPS) is 17.2. The first kappa shape index (κ1) is 22.0. The first-order chi connectivity index (χ1) is 15.3. The van der Waals surface area contributed by atoms with Crippen molar-refractivity contribution in [2.24, 2.45) is 5.92 Å². The number of sulfonamides is 1.